The van der Waals surface area contributed by atoms with Gasteiger partial charge in [-0.25, -0.2) is 0 Å². The Morgan fingerprint density at radius 1 is 1.22 bits per heavy atom. The van der Waals surface area contributed by atoms with Gasteiger partial charge in [0.15, 0.2) is 5.78 Å². The molecule has 0 spiro atoms. The lowest BCUT2D eigenvalue weighted by Crippen LogP contribution is -2.10. The van der Waals surface area contributed by atoms with Crippen LogP contribution in [0.15, 0.2) is 48.1 Å². The maximum atomic E-state index is 12.5. The van der Waals surface area contributed by atoms with Crippen molar-refractivity contribution in [3.63, 3.8) is 0 Å². The Hall–Kier alpha value is -2.42. The molecule has 1 aromatic heterocycles. The second-order valence-corrected chi connectivity index (χ2v) is 4.51. The molecular formula is C15H10N2O. The van der Waals surface area contributed by atoms with Crippen molar-refractivity contribution in [1.29, 1.82) is 0 Å². The molecule has 2 aliphatic carbocycles. The first-order valence-corrected chi connectivity index (χ1v) is 5.95. The van der Waals surface area contributed by atoms with Crippen LogP contribution in [-0.4, -0.2) is 16.0 Å². The van der Waals surface area contributed by atoms with Gasteiger partial charge in [-0.3, -0.25) is 9.89 Å². The van der Waals surface area contributed by atoms with E-state index >= 15 is 0 Å². The van der Waals surface area contributed by atoms with Gasteiger partial charge >= 0.3 is 0 Å². The van der Waals surface area contributed by atoms with Crippen LogP contribution in [0.4, 0.5) is 0 Å². The first-order valence-electron chi connectivity index (χ1n) is 5.95. The fourth-order valence-corrected chi connectivity index (χ4v) is 2.68. The second-order valence-electron chi connectivity index (χ2n) is 4.51. The van der Waals surface area contributed by atoms with E-state index < -0.39 is 0 Å². The van der Waals surface area contributed by atoms with Gasteiger partial charge in [-0.15, -0.1) is 0 Å². The third-order valence-electron chi connectivity index (χ3n) is 3.52. The van der Waals surface area contributed by atoms with Gasteiger partial charge < -0.3 is 0 Å². The van der Waals surface area contributed by atoms with Crippen LogP contribution >= 0.6 is 0 Å². The molecule has 0 atom stereocenters. The lowest BCUT2D eigenvalue weighted by atomic mass is 9.86. The summed E-state index contributed by atoms with van der Waals surface area (Å²) in [6.45, 7) is 0. The molecule has 86 valence electrons. The van der Waals surface area contributed by atoms with Crippen molar-refractivity contribution in [2.24, 2.45) is 0 Å². The Morgan fingerprint density at radius 3 is 3.11 bits per heavy atom. The number of carbonyl (C=O) groups excluding carboxylic acids is 1. The number of fused-ring (bicyclic) bond motifs is 1. The molecule has 0 bridgehead atoms. The van der Waals surface area contributed by atoms with Gasteiger partial charge in [-0.2, -0.15) is 5.10 Å². The summed E-state index contributed by atoms with van der Waals surface area (Å²) < 4.78 is 0. The van der Waals surface area contributed by atoms with E-state index in [0.29, 0.717) is 6.42 Å². The second kappa shape index (κ2) is 3.29. The molecule has 1 aromatic carbocycles. The Labute approximate surface area is 104 Å². The molecule has 0 saturated heterocycles. The van der Waals surface area contributed by atoms with E-state index in [0.717, 1.165) is 33.3 Å². The minimum atomic E-state index is 0.126. The van der Waals surface area contributed by atoms with Crippen molar-refractivity contribution in [3.8, 4) is 0 Å². The van der Waals surface area contributed by atoms with E-state index in [1.807, 2.05) is 42.5 Å². The summed E-state index contributed by atoms with van der Waals surface area (Å²) in [5.41, 5.74) is 4.38. The number of aromatic amines is 1. The van der Waals surface area contributed by atoms with Gasteiger partial charge in [-0.05, 0) is 12.5 Å². The molecular weight excluding hydrogens is 224 g/mol. The van der Waals surface area contributed by atoms with Gasteiger partial charge in [-0.1, -0.05) is 36.4 Å². The highest BCUT2D eigenvalue weighted by Gasteiger charge is 2.28. The number of rotatable bonds is 0. The van der Waals surface area contributed by atoms with Crippen molar-refractivity contribution in [2.75, 3.05) is 0 Å². The predicted molar refractivity (Wildman–Crippen MR) is 70.2 cm³/mol. The molecule has 0 unspecified atom stereocenters. The number of hydrogen-bond donors (Lipinski definition) is 1. The van der Waals surface area contributed by atoms with Gasteiger partial charge in [0.25, 0.3) is 0 Å². The Morgan fingerprint density at radius 2 is 2.17 bits per heavy atom. The van der Waals surface area contributed by atoms with E-state index in [2.05, 4.69) is 10.2 Å². The summed E-state index contributed by atoms with van der Waals surface area (Å²) in [7, 11) is 0. The fraction of sp³-hybridized carbons (Fsp3) is 0.0667. The molecule has 0 saturated carbocycles. The monoisotopic (exact) mass is 234 g/mol. The number of carbonyl (C=O) groups is 1. The smallest absolute Gasteiger partial charge is 0.190 e. The Balaban J connectivity index is 2.15. The standard InChI is InChI=1S/C15H10N2O/c18-15-10-6-3-1-2-5-9(10)14-13-11(15)7-4-8-12(13)16-17-14/h1-5,7-8H,6H2,(H,16,17). The maximum Gasteiger partial charge on any atom is 0.190 e. The van der Waals surface area contributed by atoms with Crippen LogP contribution < -0.4 is 0 Å². The molecule has 1 heterocycles. The van der Waals surface area contributed by atoms with E-state index in [-0.39, 0.29) is 5.78 Å². The fourth-order valence-electron chi connectivity index (χ4n) is 2.68. The van der Waals surface area contributed by atoms with E-state index in [4.69, 9.17) is 0 Å². The summed E-state index contributed by atoms with van der Waals surface area (Å²) in [5.74, 6) is 0.126. The highest BCUT2D eigenvalue weighted by molar-refractivity contribution is 6.25. The number of nitrogens with one attached hydrogen (secondary N) is 1. The highest BCUT2D eigenvalue weighted by Crippen LogP contribution is 2.37. The first-order chi connectivity index (χ1) is 8.86. The minimum absolute atomic E-state index is 0.126. The molecule has 3 nitrogen and oxygen atoms in total. The van der Waals surface area contributed by atoms with Crippen LogP contribution in [-0.2, 0) is 0 Å². The van der Waals surface area contributed by atoms with Gasteiger partial charge in [0, 0.05) is 22.1 Å². The number of aromatic nitrogens is 2. The van der Waals surface area contributed by atoms with Gasteiger partial charge in [0.05, 0.1) is 5.52 Å². The SMILES string of the molecule is O=C1C2=C(C=CC=CC2)c2n[nH]c3cccc1c23. The van der Waals surface area contributed by atoms with Crippen molar-refractivity contribution >= 4 is 22.3 Å². The van der Waals surface area contributed by atoms with E-state index in [1.165, 1.54) is 0 Å². The molecule has 0 fully saturated rings. The van der Waals surface area contributed by atoms with Crippen LogP contribution in [0.1, 0.15) is 22.5 Å². The van der Waals surface area contributed by atoms with Crippen molar-refractivity contribution in [2.45, 2.75) is 6.42 Å². The van der Waals surface area contributed by atoms with Crippen LogP contribution in [0.3, 0.4) is 0 Å². The lowest BCUT2D eigenvalue weighted by molar-refractivity contribution is 0.103. The molecule has 3 heteroatoms. The molecule has 4 rings (SSSR count). The van der Waals surface area contributed by atoms with Gasteiger partial charge in [0.1, 0.15) is 5.69 Å². The third-order valence-corrected chi connectivity index (χ3v) is 3.52. The quantitative estimate of drug-likeness (QED) is 0.761. The van der Waals surface area contributed by atoms with Crippen LogP contribution in [0, 0.1) is 0 Å². The normalized spacial score (nSPS) is 17.2. The Bertz CT molecular complexity index is 775. The van der Waals surface area contributed by atoms with Crippen LogP contribution in [0.2, 0.25) is 0 Å². The molecule has 18 heavy (non-hydrogen) atoms. The molecule has 0 amide bonds. The van der Waals surface area contributed by atoms with Crippen molar-refractivity contribution in [1.82, 2.24) is 10.2 Å². The molecule has 0 radical (unpaired) electrons. The lowest BCUT2D eigenvalue weighted by Gasteiger charge is -2.15. The Kier molecular flexibility index (Phi) is 1.75. The third kappa shape index (κ3) is 1.08. The summed E-state index contributed by atoms with van der Waals surface area (Å²) in [6, 6.07) is 5.73. The largest absolute Gasteiger partial charge is 0.289 e. The molecule has 2 aromatic rings. The number of ketones is 1. The average molecular weight is 234 g/mol. The van der Waals surface area contributed by atoms with Crippen LogP contribution in [0.5, 0.6) is 0 Å². The van der Waals surface area contributed by atoms with Gasteiger partial charge in [0.2, 0.25) is 0 Å². The summed E-state index contributed by atoms with van der Waals surface area (Å²) in [6.07, 6.45) is 8.59. The number of H-pyrrole nitrogens is 1. The number of nitrogens with zero attached hydrogens (tertiary/aromatic N) is 1. The average Bonchev–Trinajstić information content (AvgIpc) is 2.67. The van der Waals surface area contributed by atoms with Crippen molar-refractivity contribution in [3.05, 3.63) is 59.3 Å². The van der Waals surface area contributed by atoms with E-state index in [1.54, 1.807) is 0 Å². The zero-order valence-electron chi connectivity index (χ0n) is 9.60. The maximum absolute atomic E-state index is 12.5. The molecule has 0 aliphatic heterocycles. The summed E-state index contributed by atoms with van der Waals surface area (Å²) in [5, 5.41) is 8.33. The zero-order chi connectivity index (χ0) is 12.1. The first kappa shape index (κ1) is 9.59. The molecule has 1 N–H and O–H groups in total. The van der Waals surface area contributed by atoms with Crippen LogP contribution in [0.25, 0.3) is 16.5 Å². The number of benzene rings is 1. The van der Waals surface area contributed by atoms with Crippen molar-refractivity contribution < 1.29 is 4.79 Å². The number of Topliss-reactive ketones (excluding diaryl/α,β-unsaturated/α-hetero) is 1. The zero-order valence-corrected chi connectivity index (χ0v) is 9.60. The molecule has 2 aliphatic rings. The summed E-state index contributed by atoms with van der Waals surface area (Å²) in [4.78, 5) is 12.5. The topological polar surface area (TPSA) is 45.8 Å². The number of allylic oxidation sites excluding steroid dienone is 6. The number of hydrogen-bond acceptors (Lipinski definition) is 2. The predicted octanol–water partition coefficient (Wildman–Crippen LogP) is 3.03. The summed E-state index contributed by atoms with van der Waals surface area (Å²) >= 11 is 0. The minimum Gasteiger partial charge on any atom is -0.289 e. The highest BCUT2D eigenvalue weighted by atomic mass is 16.1. The van der Waals surface area contributed by atoms with E-state index in [9.17, 15) is 4.79 Å².